The van der Waals surface area contributed by atoms with Gasteiger partial charge in [0, 0.05) is 12.0 Å². The average molecular weight is 300 g/mol. The second kappa shape index (κ2) is 6.75. The summed E-state index contributed by atoms with van der Waals surface area (Å²) >= 11 is 0. The van der Waals surface area contributed by atoms with E-state index in [1.165, 1.54) is 17.3 Å². The number of aliphatic hydroxyl groups is 1. The Kier molecular flexibility index (Phi) is 4.53. The summed E-state index contributed by atoms with van der Waals surface area (Å²) in [6.07, 6.45) is 4.22. The van der Waals surface area contributed by atoms with Gasteiger partial charge in [0.1, 0.15) is 18.5 Å². The fourth-order valence-corrected chi connectivity index (χ4v) is 2.49. The van der Waals surface area contributed by atoms with Crippen molar-refractivity contribution >= 4 is 0 Å². The number of para-hydroxylation sites is 1. The lowest BCUT2D eigenvalue weighted by molar-refractivity contribution is 0.0912. The first kappa shape index (κ1) is 14.8. The van der Waals surface area contributed by atoms with Gasteiger partial charge in [-0.1, -0.05) is 24.6 Å². The standard InChI is InChI=1S/C17H20N2O3/c20-14(11-22-15-7-2-1-3-8-15)10-19-12-18-16(9-17(19)21)13-5-4-6-13/h1-3,7-9,12-14,20H,4-6,10-11H2/t14-/m0/s1. The monoisotopic (exact) mass is 300 g/mol. The summed E-state index contributed by atoms with van der Waals surface area (Å²) < 4.78 is 6.91. The van der Waals surface area contributed by atoms with E-state index < -0.39 is 6.10 Å². The molecule has 0 bridgehead atoms. The Bertz CT molecular complexity index is 665. The van der Waals surface area contributed by atoms with E-state index in [0.717, 1.165) is 18.5 Å². The Morgan fingerprint density at radius 2 is 2.09 bits per heavy atom. The summed E-state index contributed by atoms with van der Waals surface area (Å²) in [7, 11) is 0. The zero-order valence-electron chi connectivity index (χ0n) is 12.4. The quantitative estimate of drug-likeness (QED) is 0.885. The molecule has 5 heteroatoms. The van der Waals surface area contributed by atoms with Gasteiger partial charge in [-0.25, -0.2) is 4.98 Å². The minimum atomic E-state index is -0.755. The maximum atomic E-state index is 12.1. The summed E-state index contributed by atoms with van der Waals surface area (Å²) in [6.45, 7) is 0.324. The van der Waals surface area contributed by atoms with Crippen molar-refractivity contribution in [3.8, 4) is 5.75 Å². The minimum absolute atomic E-state index is 0.115. The van der Waals surface area contributed by atoms with Crippen molar-refractivity contribution in [2.45, 2.75) is 37.8 Å². The van der Waals surface area contributed by atoms with Gasteiger partial charge in [-0.05, 0) is 25.0 Å². The first-order valence-electron chi connectivity index (χ1n) is 7.64. The molecular weight excluding hydrogens is 280 g/mol. The summed E-state index contributed by atoms with van der Waals surface area (Å²) in [6, 6.07) is 10.9. The van der Waals surface area contributed by atoms with Gasteiger partial charge in [-0.2, -0.15) is 0 Å². The summed E-state index contributed by atoms with van der Waals surface area (Å²) in [4.78, 5) is 16.4. The molecule has 22 heavy (non-hydrogen) atoms. The van der Waals surface area contributed by atoms with Gasteiger partial charge in [0.2, 0.25) is 0 Å². The van der Waals surface area contributed by atoms with E-state index in [1.807, 2.05) is 30.3 Å². The van der Waals surface area contributed by atoms with Crippen molar-refractivity contribution in [2.24, 2.45) is 0 Å². The molecule has 0 radical (unpaired) electrons. The van der Waals surface area contributed by atoms with Crippen LogP contribution in [0.25, 0.3) is 0 Å². The van der Waals surface area contributed by atoms with Crippen LogP contribution in [-0.2, 0) is 6.54 Å². The van der Waals surface area contributed by atoms with Crippen LogP contribution < -0.4 is 10.3 Å². The molecule has 0 unspecified atom stereocenters. The maximum absolute atomic E-state index is 12.1. The molecule has 1 aliphatic carbocycles. The Morgan fingerprint density at radius 1 is 1.32 bits per heavy atom. The number of benzene rings is 1. The van der Waals surface area contributed by atoms with E-state index in [9.17, 15) is 9.90 Å². The maximum Gasteiger partial charge on any atom is 0.253 e. The van der Waals surface area contributed by atoms with Crippen LogP contribution in [0.5, 0.6) is 5.75 Å². The first-order chi connectivity index (χ1) is 10.7. The number of hydrogen-bond donors (Lipinski definition) is 1. The molecule has 5 nitrogen and oxygen atoms in total. The summed E-state index contributed by atoms with van der Waals surface area (Å²) in [5, 5.41) is 10.0. The molecule has 0 aliphatic heterocycles. The van der Waals surface area contributed by atoms with E-state index in [1.54, 1.807) is 6.07 Å². The van der Waals surface area contributed by atoms with Gasteiger partial charge in [-0.3, -0.25) is 9.36 Å². The van der Waals surface area contributed by atoms with Gasteiger partial charge >= 0.3 is 0 Å². The van der Waals surface area contributed by atoms with Crippen molar-refractivity contribution in [2.75, 3.05) is 6.61 Å². The first-order valence-corrected chi connectivity index (χ1v) is 7.64. The highest BCUT2D eigenvalue weighted by Crippen LogP contribution is 2.34. The third-order valence-electron chi connectivity index (χ3n) is 4.02. The van der Waals surface area contributed by atoms with Gasteiger partial charge < -0.3 is 9.84 Å². The average Bonchev–Trinajstić information content (AvgIpc) is 2.47. The second-order valence-electron chi connectivity index (χ2n) is 5.71. The van der Waals surface area contributed by atoms with Crippen molar-refractivity contribution in [1.29, 1.82) is 0 Å². The second-order valence-corrected chi connectivity index (χ2v) is 5.71. The lowest BCUT2D eigenvalue weighted by Gasteiger charge is -2.24. The third-order valence-corrected chi connectivity index (χ3v) is 4.02. The van der Waals surface area contributed by atoms with Crippen molar-refractivity contribution in [3.05, 3.63) is 58.8 Å². The van der Waals surface area contributed by atoms with E-state index in [4.69, 9.17) is 4.74 Å². The molecule has 0 saturated heterocycles. The zero-order chi connectivity index (χ0) is 15.4. The van der Waals surface area contributed by atoms with Crippen LogP contribution >= 0.6 is 0 Å². The predicted octanol–water partition coefficient (Wildman–Crippen LogP) is 1.95. The van der Waals surface area contributed by atoms with Crippen LogP contribution in [0.3, 0.4) is 0 Å². The number of aromatic nitrogens is 2. The van der Waals surface area contributed by atoms with Crippen molar-refractivity contribution < 1.29 is 9.84 Å². The smallest absolute Gasteiger partial charge is 0.253 e. The Morgan fingerprint density at radius 3 is 2.73 bits per heavy atom. The molecule has 0 amide bonds. The molecule has 1 fully saturated rings. The Balaban J connectivity index is 1.56. The van der Waals surface area contributed by atoms with Crippen LogP contribution in [0, 0.1) is 0 Å². The van der Waals surface area contributed by atoms with Crippen LogP contribution in [0.15, 0.2) is 47.5 Å². The Hall–Kier alpha value is -2.14. The molecule has 1 aromatic heterocycles. The lowest BCUT2D eigenvalue weighted by Crippen LogP contribution is -2.31. The van der Waals surface area contributed by atoms with Gasteiger partial charge in [0.15, 0.2) is 0 Å². The van der Waals surface area contributed by atoms with E-state index >= 15 is 0 Å². The number of rotatable bonds is 6. The molecule has 0 spiro atoms. The summed E-state index contributed by atoms with van der Waals surface area (Å²) in [5.74, 6) is 1.14. The topological polar surface area (TPSA) is 64.4 Å². The lowest BCUT2D eigenvalue weighted by atomic mass is 9.83. The third kappa shape index (κ3) is 3.54. The normalized spacial score (nSPS) is 16.0. The van der Waals surface area contributed by atoms with E-state index in [0.29, 0.717) is 11.7 Å². The van der Waals surface area contributed by atoms with Gasteiger partial charge in [0.25, 0.3) is 5.56 Å². The Labute approximate surface area is 129 Å². The van der Waals surface area contributed by atoms with Crippen LogP contribution in [0.2, 0.25) is 0 Å². The number of nitrogens with zero attached hydrogens (tertiary/aromatic N) is 2. The molecule has 1 heterocycles. The van der Waals surface area contributed by atoms with Crippen LogP contribution in [0.1, 0.15) is 30.9 Å². The molecule has 1 aliphatic rings. The minimum Gasteiger partial charge on any atom is -0.491 e. The molecule has 1 N–H and O–H groups in total. The number of ether oxygens (including phenoxy) is 1. The van der Waals surface area contributed by atoms with Crippen molar-refractivity contribution in [3.63, 3.8) is 0 Å². The fourth-order valence-electron chi connectivity index (χ4n) is 2.49. The molecule has 3 rings (SSSR count). The van der Waals surface area contributed by atoms with Gasteiger partial charge in [0.05, 0.1) is 18.6 Å². The summed E-state index contributed by atoms with van der Waals surface area (Å²) in [5.41, 5.74) is 0.762. The highest BCUT2D eigenvalue weighted by Gasteiger charge is 2.21. The molecule has 1 atom stereocenters. The van der Waals surface area contributed by atoms with Crippen molar-refractivity contribution in [1.82, 2.24) is 9.55 Å². The molecule has 116 valence electrons. The fraction of sp³-hybridized carbons (Fsp3) is 0.412. The van der Waals surface area contributed by atoms with Gasteiger partial charge in [-0.15, -0.1) is 0 Å². The molecular formula is C17H20N2O3. The molecule has 2 aromatic rings. The molecule has 1 saturated carbocycles. The number of aliphatic hydroxyl groups excluding tert-OH is 1. The predicted molar refractivity (Wildman–Crippen MR) is 83.0 cm³/mol. The van der Waals surface area contributed by atoms with E-state index in [-0.39, 0.29) is 18.7 Å². The van der Waals surface area contributed by atoms with Crippen LogP contribution in [0.4, 0.5) is 0 Å². The van der Waals surface area contributed by atoms with Crippen LogP contribution in [-0.4, -0.2) is 27.4 Å². The molecule has 1 aromatic carbocycles. The SMILES string of the molecule is O=c1cc(C2CCC2)ncn1C[C@H](O)COc1ccccc1. The van der Waals surface area contributed by atoms with E-state index in [2.05, 4.69) is 4.98 Å². The highest BCUT2D eigenvalue weighted by atomic mass is 16.5. The highest BCUT2D eigenvalue weighted by molar-refractivity contribution is 5.20. The zero-order valence-corrected chi connectivity index (χ0v) is 12.4. The number of hydrogen-bond acceptors (Lipinski definition) is 4. The largest absolute Gasteiger partial charge is 0.491 e.